The molecule has 23 heavy (non-hydrogen) atoms. The molecule has 0 aromatic heterocycles. The summed E-state index contributed by atoms with van der Waals surface area (Å²) in [6.45, 7) is 4.71. The fourth-order valence-corrected chi connectivity index (χ4v) is 7.42. The zero-order valence-corrected chi connectivity index (χ0v) is 14.6. The monoisotopic (exact) mass is 322 g/mol. The standard InChI is InChI=1S/C19H34N2O2/c1-18-6-5-12-11(13(18)8-14(20)17(18)23)4-3-10-7-16(22)15(21)9-19(10,12)2/h10-17,22-23H,3-9,20-21H2,1-2H3/t10?,11-,12+,13+,14+,15-,16+,17+,18+,19+/m1/s1. The maximum absolute atomic E-state index is 10.6. The van der Waals surface area contributed by atoms with E-state index < -0.39 is 0 Å². The van der Waals surface area contributed by atoms with Crippen LogP contribution in [0.4, 0.5) is 0 Å². The number of hydrogen-bond donors (Lipinski definition) is 4. The van der Waals surface area contributed by atoms with Gasteiger partial charge in [-0.3, -0.25) is 0 Å². The number of aliphatic hydroxyl groups excluding tert-OH is 2. The van der Waals surface area contributed by atoms with Crippen LogP contribution in [0, 0.1) is 34.5 Å². The zero-order valence-electron chi connectivity index (χ0n) is 14.6. The molecule has 4 saturated carbocycles. The number of nitrogens with two attached hydrogens (primary N) is 2. The topological polar surface area (TPSA) is 92.5 Å². The number of fused-ring (bicyclic) bond motifs is 5. The van der Waals surface area contributed by atoms with Gasteiger partial charge in [-0.15, -0.1) is 0 Å². The maximum atomic E-state index is 10.6. The lowest BCUT2D eigenvalue weighted by atomic mass is 9.44. The fourth-order valence-electron chi connectivity index (χ4n) is 7.42. The second-order valence-electron chi connectivity index (χ2n) is 9.72. The maximum Gasteiger partial charge on any atom is 0.0747 e. The summed E-state index contributed by atoms with van der Waals surface area (Å²) in [5.41, 5.74) is 12.8. The van der Waals surface area contributed by atoms with Gasteiger partial charge in [0.15, 0.2) is 0 Å². The first-order chi connectivity index (χ1) is 10.8. The van der Waals surface area contributed by atoms with Crippen molar-refractivity contribution in [3.05, 3.63) is 0 Å². The van der Waals surface area contributed by atoms with E-state index in [2.05, 4.69) is 13.8 Å². The molecule has 0 saturated heterocycles. The van der Waals surface area contributed by atoms with Crippen LogP contribution in [-0.2, 0) is 0 Å². The highest BCUT2D eigenvalue weighted by Crippen LogP contribution is 2.65. The van der Waals surface area contributed by atoms with E-state index in [1.54, 1.807) is 0 Å². The molecule has 0 aromatic rings. The van der Waals surface area contributed by atoms with E-state index in [0.29, 0.717) is 23.7 Å². The minimum absolute atomic E-state index is 0.0140. The Hall–Kier alpha value is -0.160. The predicted octanol–water partition coefficient (Wildman–Crippen LogP) is 1.63. The van der Waals surface area contributed by atoms with Crippen molar-refractivity contribution in [3.63, 3.8) is 0 Å². The first-order valence-corrected chi connectivity index (χ1v) is 9.64. The average molecular weight is 322 g/mol. The normalized spacial score (nSPS) is 62.3. The Balaban J connectivity index is 1.64. The molecule has 10 atom stereocenters. The Bertz CT molecular complexity index is 486. The predicted molar refractivity (Wildman–Crippen MR) is 90.5 cm³/mol. The largest absolute Gasteiger partial charge is 0.392 e. The van der Waals surface area contributed by atoms with Gasteiger partial charge in [-0.2, -0.15) is 0 Å². The van der Waals surface area contributed by atoms with E-state index in [0.717, 1.165) is 25.7 Å². The lowest BCUT2D eigenvalue weighted by molar-refractivity contribution is -0.138. The molecule has 0 bridgehead atoms. The summed E-state index contributed by atoms with van der Waals surface area (Å²) in [6, 6.07) is -0.121. The van der Waals surface area contributed by atoms with Crippen molar-refractivity contribution in [2.45, 2.75) is 83.1 Å². The highest BCUT2D eigenvalue weighted by atomic mass is 16.3. The van der Waals surface area contributed by atoms with E-state index in [4.69, 9.17) is 11.5 Å². The van der Waals surface area contributed by atoms with Gasteiger partial charge in [0.2, 0.25) is 0 Å². The van der Waals surface area contributed by atoms with Crippen LogP contribution in [-0.4, -0.2) is 34.5 Å². The molecule has 4 heteroatoms. The van der Waals surface area contributed by atoms with Gasteiger partial charge in [-0.25, -0.2) is 0 Å². The molecule has 0 aliphatic heterocycles. The Morgan fingerprint density at radius 2 is 1.61 bits per heavy atom. The van der Waals surface area contributed by atoms with Gasteiger partial charge in [0.1, 0.15) is 0 Å². The van der Waals surface area contributed by atoms with E-state index in [-0.39, 0.29) is 35.1 Å². The minimum Gasteiger partial charge on any atom is -0.392 e. The van der Waals surface area contributed by atoms with E-state index in [1.165, 1.54) is 19.3 Å². The zero-order chi connectivity index (χ0) is 16.6. The van der Waals surface area contributed by atoms with Crippen LogP contribution in [0.25, 0.3) is 0 Å². The Kier molecular flexibility index (Phi) is 3.67. The van der Waals surface area contributed by atoms with Crippen LogP contribution in [0.15, 0.2) is 0 Å². The Morgan fingerprint density at radius 3 is 2.35 bits per heavy atom. The molecule has 4 rings (SSSR count). The number of aliphatic hydroxyl groups is 2. The summed E-state index contributed by atoms with van der Waals surface area (Å²) >= 11 is 0. The van der Waals surface area contributed by atoms with Crippen LogP contribution < -0.4 is 11.5 Å². The van der Waals surface area contributed by atoms with Gasteiger partial charge in [0.05, 0.1) is 12.2 Å². The average Bonchev–Trinajstić information content (AvgIpc) is 2.73. The van der Waals surface area contributed by atoms with Gasteiger partial charge in [-0.1, -0.05) is 13.8 Å². The van der Waals surface area contributed by atoms with Crippen molar-refractivity contribution in [1.82, 2.24) is 0 Å². The third-order valence-corrected chi connectivity index (χ3v) is 8.81. The molecule has 4 nitrogen and oxygen atoms in total. The van der Waals surface area contributed by atoms with Gasteiger partial charge in [0, 0.05) is 12.1 Å². The molecule has 0 radical (unpaired) electrons. The van der Waals surface area contributed by atoms with Gasteiger partial charge >= 0.3 is 0 Å². The first kappa shape index (κ1) is 16.3. The summed E-state index contributed by atoms with van der Waals surface area (Å²) in [5.74, 6) is 2.55. The summed E-state index contributed by atoms with van der Waals surface area (Å²) in [4.78, 5) is 0. The van der Waals surface area contributed by atoms with Crippen molar-refractivity contribution in [2.75, 3.05) is 0 Å². The van der Waals surface area contributed by atoms with E-state index in [1.807, 2.05) is 0 Å². The molecule has 0 spiro atoms. The van der Waals surface area contributed by atoms with E-state index in [9.17, 15) is 10.2 Å². The molecule has 4 aliphatic rings. The molecule has 0 amide bonds. The summed E-state index contributed by atoms with van der Waals surface area (Å²) in [5, 5.41) is 20.9. The van der Waals surface area contributed by atoms with Crippen molar-refractivity contribution in [1.29, 1.82) is 0 Å². The van der Waals surface area contributed by atoms with Crippen LogP contribution in [0.3, 0.4) is 0 Å². The second-order valence-corrected chi connectivity index (χ2v) is 9.72. The van der Waals surface area contributed by atoms with Gasteiger partial charge in [-0.05, 0) is 79.4 Å². The van der Waals surface area contributed by atoms with Gasteiger partial charge < -0.3 is 21.7 Å². The molecule has 4 fully saturated rings. The van der Waals surface area contributed by atoms with Crippen LogP contribution in [0.5, 0.6) is 0 Å². The van der Waals surface area contributed by atoms with Gasteiger partial charge in [0.25, 0.3) is 0 Å². The minimum atomic E-state index is -0.339. The van der Waals surface area contributed by atoms with E-state index >= 15 is 0 Å². The molecule has 0 heterocycles. The fraction of sp³-hybridized carbons (Fsp3) is 1.00. The number of hydrogen-bond acceptors (Lipinski definition) is 4. The first-order valence-electron chi connectivity index (χ1n) is 9.64. The molecule has 1 unspecified atom stereocenters. The Labute approximate surface area is 140 Å². The molecular weight excluding hydrogens is 288 g/mol. The molecule has 6 N–H and O–H groups in total. The smallest absolute Gasteiger partial charge is 0.0747 e. The van der Waals surface area contributed by atoms with Crippen LogP contribution >= 0.6 is 0 Å². The van der Waals surface area contributed by atoms with Crippen molar-refractivity contribution < 1.29 is 10.2 Å². The highest BCUT2D eigenvalue weighted by molar-refractivity contribution is 5.12. The lowest BCUT2D eigenvalue weighted by Crippen LogP contribution is -2.58. The number of rotatable bonds is 0. The molecular formula is C19H34N2O2. The van der Waals surface area contributed by atoms with Crippen LogP contribution in [0.2, 0.25) is 0 Å². The Morgan fingerprint density at radius 1 is 0.870 bits per heavy atom. The third-order valence-electron chi connectivity index (χ3n) is 8.81. The third kappa shape index (κ3) is 2.11. The highest BCUT2D eigenvalue weighted by Gasteiger charge is 2.62. The molecule has 132 valence electrons. The summed E-state index contributed by atoms with van der Waals surface area (Å²) in [7, 11) is 0. The van der Waals surface area contributed by atoms with Crippen molar-refractivity contribution >= 4 is 0 Å². The lowest BCUT2D eigenvalue weighted by Gasteiger charge is -2.61. The van der Waals surface area contributed by atoms with Crippen LogP contribution in [0.1, 0.15) is 58.8 Å². The summed E-state index contributed by atoms with van der Waals surface area (Å²) in [6.07, 6.45) is 6.89. The van der Waals surface area contributed by atoms with Crippen molar-refractivity contribution in [2.24, 2.45) is 46.0 Å². The molecule has 4 aliphatic carbocycles. The molecule has 0 aromatic carbocycles. The quantitative estimate of drug-likeness (QED) is 0.545. The second kappa shape index (κ2) is 5.17. The SMILES string of the molecule is C[C@]12CC[C@H]3[C@@H](CCC4C[C@H](O)[C@H](N)C[C@@]43C)[C@@H]1C[C@H](N)[C@@H]2O. The summed E-state index contributed by atoms with van der Waals surface area (Å²) < 4.78 is 0. The van der Waals surface area contributed by atoms with Crippen molar-refractivity contribution in [3.8, 4) is 0 Å².